The van der Waals surface area contributed by atoms with Crippen LogP contribution < -0.4 is 5.73 Å². The van der Waals surface area contributed by atoms with Crippen LogP contribution in [0.2, 0.25) is 10.0 Å². The molecule has 2 N–H and O–H groups in total. The summed E-state index contributed by atoms with van der Waals surface area (Å²) in [6.45, 7) is 0.321. The molecule has 0 fully saturated rings. The molecule has 0 aliphatic heterocycles. The van der Waals surface area contributed by atoms with Crippen molar-refractivity contribution in [1.29, 1.82) is 0 Å². The summed E-state index contributed by atoms with van der Waals surface area (Å²) in [5.74, 6) is 0. The highest BCUT2D eigenvalue weighted by molar-refractivity contribution is 6.42. The summed E-state index contributed by atoms with van der Waals surface area (Å²) in [4.78, 5) is 0. The molecule has 0 bridgehead atoms. The first kappa shape index (κ1) is 10.8. The minimum atomic E-state index is -1.06. The lowest BCUT2D eigenvalue weighted by atomic mass is 10.1. The first-order valence-corrected chi connectivity index (χ1v) is 4.70. The van der Waals surface area contributed by atoms with Gasteiger partial charge in [-0.05, 0) is 30.7 Å². The number of benzene rings is 1. The van der Waals surface area contributed by atoms with Gasteiger partial charge in [-0.1, -0.05) is 29.3 Å². The van der Waals surface area contributed by atoms with Gasteiger partial charge in [-0.25, -0.2) is 4.39 Å². The molecule has 1 rings (SSSR count). The van der Waals surface area contributed by atoms with Crippen LogP contribution in [0.4, 0.5) is 4.39 Å². The maximum absolute atomic E-state index is 13.3. The van der Waals surface area contributed by atoms with Crippen molar-refractivity contribution in [3.63, 3.8) is 0 Å². The molecule has 0 saturated carbocycles. The molecule has 1 aromatic carbocycles. The molecule has 0 amide bonds. The van der Waals surface area contributed by atoms with E-state index in [4.69, 9.17) is 28.9 Å². The Kier molecular flexibility index (Phi) is 3.97. The standard InChI is InChI=1S/C9H10Cl2FN/c10-7-2-1-6(5-8(7)11)9(12)3-4-13/h1-2,5,9H,3-4,13H2. The maximum Gasteiger partial charge on any atom is 0.126 e. The van der Waals surface area contributed by atoms with E-state index in [1.165, 1.54) is 6.07 Å². The molecule has 72 valence electrons. The van der Waals surface area contributed by atoms with Crippen molar-refractivity contribution in [2.75, 3.05) is 6.54 Å². The Morgan fingerprint density at radius 3 is 2.54 bits per heavy atom. The van der Waals surface area contributed by atoms with E-state index in [0.29, 0.717) is 28.6 Å². The predicted octanol–water partition coefficient (Wildman–Crippen LogP) is 3.35. The fraction of sp³-hybridized carbons (Fsp3) is 0.333. The average molecular weight is 222 g/mol. The normalized spacial score (nSPS) is 12.9. The van der Waals surface area contributed by atoms with Crippen LogP contribution in [0.5, 0.6) is 0 Å². The molecule has 0 aliphatic carbocycles. The van der Waals surface area contributed by atoms with Gasteiger partial charge in [0.05, 0.1) is 10.0 Å². The van der Waals surface area contributed by atoms with Crippen LogP contribution in [0.1, 0.15) is 18.2 Å². The van der Waals surface area contributed by atoms with Crippen molar-refractivity contribution in [1.82, 2.24) is 0 Å². The second-order valence-electron chi connectivity index (χ2n) is 2.72. The lowest BCUT2D eigenvalue weighted by molar-refractivity contribution is 0.328. The van der Waals surface area contributed by atoms with Gasteiger partial charge in [0, 0.05) is 0 Å². The summed E-state index contributed by atoms with van der Waals surface area (Å²) in [5.41, 5.74) is 5.76. The van der Waals surface area contributed by atoms with Gasteiger partial charge in [0.25, 0.3) is 0 Å². The van der Waals surface area contributed by atoms with E-state index in [-0.39, 0.29) is 0 Å². The van der Waals surface area contributed by atoms with E-state index in [1.807, 2.05) is 0 Å². The third-order valence-corrected chi connectivity index (χ3v) is 2.46. The summed E-state index contributed by atoms with van der Waals surface area (Å²) in [6, 6.07) is 4.74. The van der Waals surface area contributed by atoms with Gasteiger partial charge >= 0.3 is 0 Å². The van der Waals surface area contributed by atoms with E-state index < -0.39 is 6.17 Å². The summed E-state index contributed by atoms with van der Waals surface area (Å²) in [5, 5.41) is 0.809. The topological polar surface area (TPSA) is 26.0 Å². The second-order valence-corrected chi connectivity index (χ2v) is 3.53. The fourth-order valence-electron chi connectivity index (χ4n) is 1.02. The van der Waals surface area contributed by atoms with Crippen molar-refractivity contribution in [3.8, 4) is 0 Å². The van der Waals surface area contributed by atoms with Gasteiger partial charge in [0.2, 0.25) is 0 Å². The van der Waals surface area contributed by atoms with Crippen molar-refractivity contribution in [2.24, 2.45) is 5.73 Å². The van der Waals surface area contributed by atoms with Crippen molar-refractivity contribution in [3.05, 3.63) is 33.8 Å². The maximum atomic E-state index is 13.3. The Balaban J connectivity index is 2.84. The van der Waals surface area contributed by atoms with E-state index in [0.717, 1.165) is 0 Å². The molecule has 0 aliphatic rings. The monoisotopic (exact) mass is 221 g/mol. The van der Waals surface area contributed by atoms with Crippen LogP contribution >= 0.6 is 23.2 Å². The molecule has 0 saturated heterocycles. The first-order valence-electron chi connectivity index (χ1n) is 3.94. The van der Waals surface area contributed by atoms with Crippen LogP contribution in [0.3, 0.4) is 0 Å². The molecular weight excluding hydrogens is 212 g/mol. The predicted molar refractivity (Wildman–Crippen MR) is 54.0 cm³/mol. The Morgan fingerprint density at radius 2 is 2.00 bits per heavy atom. The Bertz CT molecular complexity index is 291. The van der Waals surface area contributed by atoms with E-state index >= 15 is 0 Å². The second kappa shape index (κ2) is 4.80. The van der Waals surface area contributed by atoms with Gasteiger partial charge in [0.15, 0.2) is 0 Å². The first-order chi connectivity index (χ1) is 6.15. The summed E-state index contributed by atoms with van der Waals surface area (Å²) in [6.07, 6.45) is -0.752. The van der Waals surface area contributed by atoms with E-state index in [1.54, 1.807) is 12.1 Å². The largest absolute Gasteiger partial charge is 0.330 e. The van der Waals surface area contributed by atoms with Crippen LogP contribution in [0.25, 0.3) is 0 Å². The van der Waals surface area contributed by atoms with E-state index in [9.17, 15) is 4.39 Å². The molecule has 1 nitrogen and oxygen atoms in total. The zero-order valence-corrected chi connectivity index (χ0v) is 8.45. The highest BCUT2D eigenvalue weighted by atomic mass is 35.5. The summed E-state index contributed by atoms with van der Waals surface area (Å²) in [7, 11) is 0. The van der Waals surface area contributed by atoms with Crippen molar-refractivity contribution < 1.29 is 4.39 Å². The van der Waals surface area contributed by atoms with Crippen LogP contribution in [0, 0.1) is 0 Å². The van der Waals surface area contributed by atoms with Gasteiger partial charge in [-0.2, -0.15) is 0 Å². The minimum absolute atomic E-state index is 0.304. The third-order valence-electron chi connectivity index (χ3n) is 1.73. The van der Waals surface area contributed by atoms with Crippen LogP contribution in [-0.4, -0.2) is 6.54 Å². The highest BCUT2D eigenvalue weighted by Gasteiger charge is 2.09. The number of nitrogens with two attached hydrogens (primary N) is 1. The number of rotatable bonds is 3. The SMILES string of the molecule is NCCC(F)c1ccc(Cl)c(Cl)c1. The average Bonchev–Trinajstić information content (AvgIpc) is 2.10. The minimum Gasteiger partial charge on any atom is -0.330 e. The molecule has 4 heteroatoms. The lowest BCUT2D eigenvalue weighted by Crippen LogP contribution is -2.03. The Morgan fingerprint density at radius 1 is 1.31 bits per heavy atom. The molecular formula is C9H10Cl2FN. The number of halogens is 3. The van der Waals surface area contributed by atoms with Crippen molar-refractivity contribution >= 4 is 23.2 Å². The Labute approximate surface area is 86.6 Å². The van der Waals surface area contributed by atoms with Gasteiger partial charge in [-0.3, -0.25) is 0 Å². The molecule has 0 radical (unpaired) electrons. The fourth-order valence-corrected chi connectivity index (χ4v) is 1.33. The summed E-state index contributed by atoms with van der Waals surface area (Å²) >= 11 is 11.4. The molecule has 13 heavy (non-hydrogen) atoms. The number of hydrogen-bond donors (Lipinski definition) is 1. The molecule has 1 unspecified atom stereocenters. The smallest absolute Gasteiger partial charge is 0.126 e. The molecule has 0 aromatic heterocycles. The highest BCUT2D eigenvalue weighted by Crippen LogP contribution is 2.28. The molecule has 0 spiro atoms. The summed E-state index contributed by atoms with van der Waals surface area (Å²) < 4.78 is 13.3. The van der Waals surface area contributed by atoms with Gasteiger partial charge in [0.1, 0.15) is 6.17 Å². The molecule has 1 aromatic rings. The third kappa shape index (κ3) is 2.83. The molecule has 0 heterocycles. The molecule has 1 atom stereocenters. The number of alkyl halides is 1. The van der Waals surface area contributed by atoms with E-state index in [2.05, 4.69) is 0 Å². The zero-order valence-electron chi connectivity index (χ0n) is 6.93. The van der Waals surface area contributed by atoms with Crippen LogP contribution in [0.15, 0.2) is 18.2 Å². The number of hydrogen-bond acceptors (Lipinski definition) is 1. The lowest BCUT2D eigenvalue weighted by Gasteiger charge is -2.07. The van der Waals surface area contributed by atoms with Gasteiger partial charge < -0.3 is 5.73 Å². The van der Waals surface area contributed by atoms with Crippen LogP contribution in [-0.2, 0) is 0 Å². The van der Waals surface area contributed by atoms with Crippen molar-refractivity contribution in [2.45, 2.75) is 12.6 Å². The van der Waals surface area contributed by atoms with Gasteiger partial charge in [-0.15, -0.1) is 0 Å². The Hall–Kier alpha value is -0.310. The zero-order chi connectivity index (χ0) is 9.84. The quantitative estimate of drug-likeness (QED) is 0.833.